The van der Waals surface area contributed by atoms with Crippen LogP contribution in [0.2, 0.25) is 0 Å². The van der Waals surface area contributed by atoms with Crippen LogP contribution < -0.4 is 0 Å². The minimum absolute atomic E-state index is 0.00354. The summed E-state index contributed by atoms with van der Waals surface area (Å²) in [5.41, 5.74) is -0.567. The Balaban J connectivity index is 4.27. The summed E-state index contributed by atoms with van der Waals surface area (Å²) in [6, 6.07) is 0. The predicted molar refractivity (Wildman–Crippen MR) is 50.1 cm³/mol. The van der Waals surface area contributed by atoms with Gasteiger partial charge in [0.15, 0.2) is 0 Å². The molecule has 3 nitrogen and oxygen atoms in total. The van der Waals surface area contributed by atoms with Gasteiger partial charge in [-0.2, -0.15) is 0 Å². The molecule has 0 aromatic rings. The number of aliphatic carboxylic acids is 1. The maximum Gasteiger partial charge on any atom is 0.304 e. The molecule has 1 unspecified atom stereocenters. The van der Waals surface area contributed by atoms with Crippen molar-refractivity contribution >= 4 is 5.97 Å². The van der Waals surface area contributed by atoms with Gasteiger partial charge in [-0.15, -0.1) is 0 Å². The Morgan fingerprint density at radius 2 is 2.08 bits per heavy atom. The van der Waals surface area contributed by atoms with Gasteiger partial charge in [0.2, 0.25) is 0 Å². The predicted octanol–water partition coefficient (Wildman–Crippen LogP) is 1.26. The third-order valence-electron chi connectivity index (χ3n) is 1.56. The van der Waals surface area contributed by atoms with E-state index < -0.39 is 17.5 Å². The fourth-order valence-electron chi connectivity index (χ4n) is 0.803. The maximum atomic E-state index is 10.4. The third-order valence-corrected chi connectivity index (χ3v) is 1.56. The van der Waals surface area contributed by atoms with Crippen molar-refractivity contribution in [2.45, 2.75) is 39.7 Å². The number of carbonyl (C=O) groups is 1. The lowest BCUT2D eigenvalue weighted by atomic mass is 9.90. The lowest BCUT2D eigenvalue weighted by Gasteiger charge is -2.13. The number of hydrogen-bond acceptors (Lipinski definition) is 2. The van der Waals surface area contributed by atoms with Crippen molar-refractivity contribution in [3.63, 3.8) is 0 Å². The molecule has 0 saturated carbocycles. The molecule has 0 spiro atoms. The minimum Gasteiger partial charge on any atom is -0.481 e. The molecule has 0 aliphatic heterocycles. The van der Waals surface area contributed by atoms with Crippen LogP contribution in [0.25, 0.3) is 0 Å². The van der Waals surface area contributed by atoms with Crippen LogP contribution in [0.5, 0.6) is 0 Å². The molecule has 0 aliphatic carbocycles. The highest BCUT2D eigenvalue weighted by Crippen LogP contribution is 2.18. The number of carboxylic acids is 1. The van der Waals surface area contributed by atoms with E-state index in [1.807, 2.05) is 6.92 Å². The van der Waals surface area contributed by atoms with E-state index in [0.29, 0.717) is 6.42 Å². The van der Waals surface area contributed by atoms with Crippen molar-refractivity contribution in [3.8, 4) is 11.8 Å². The third kappa shape index (κ3) is 6.18. The van der Waals surface area contributed by atoms with Gasteiger partial charge in [-0.05, 0) is 20.3 Å². The van der Waals surface area contributed by atoms with E-state index >= 15 is 0 Å². The van der Waals surface area contributed by atoms with E-state index in [0.717, 1.165) is 0 Å². The van der Waals surface area contributed by atoms with Crippen LogP contribution in [0, 0.1) is 17.3 Å². The first-order chi connectivity index (χ1) is 5.87. The number of aliphatic hydroxyl groups is 1. The van der Waals surface area contributed by atoms with Crippen molar-refractivity contribution in [1.82, 2.24) is 0 Å². The largest absolute Gasteiger partial charge is 0.481 e. The highest BCUT2D eigenvalue weighted by molar-refractivity contribution is 5.68. The highest BCUT2D eigenvalue weighted by atomic mass is 16.4. The molecule has 3 heteroatoms. The SMILES string of the molecule is CCC(O)C#CC(C)(C)CC(=O)O. The highest BCUT2D eigenvalue weighted by Gasteiger charge is 2.18. The average Bonchev–Trinajstić information content (AvgIpc) is 1.98. The Labute approximate surface area is 78.8 Å². The van der Waals surface area contributed by atoms with Gasteiger partial charge in [0.25, 0.3) is 0 Å². The summed E-state index contributed by atoms with van der Waals surface area (Å²) in [6.45, 7) is 5.32. The molecule has 2 N–H and O–H groups in total. The Hall–Kier alpha value is -1.01. The van der Waals surface area contributed by atoms with Gasteiger partial charge in [-0.3, -0.25) is 4.79 Å². The zero-order chi connectivity index (χ0) is 10.5. The van der Waals surface area contributed by atoms with E-state index in [9.17, 15) is 4.79 Å². The first-order valence-electron chi connectivity index (χ1n) is 4.30. The van der Waals surface area contributed by atoms with Crippen LogP contribution in [0.15, 0.2) is 0 Å². The molecule has 13 heavy (non-hydrogen) atoms. The normalized spacial score (nSPS) is 12.9. The molecular weight excluding hydrogens is 168 g/mol. The molecule has 0 bridgehead atoms. The zero-order valence-corrected chi connectivity index (χ0v) is 8.29. The van der Waals surface area contributed by atoms with E-state index in [-0.39, 0.29) is 6.42 Å². The fourth-order valence-corrected chi connectivity index (χ4v) is 0.803. The lowest BCUT2D eigenvalue weighted by Crippen LogP contribution is -2.15. The molecule has 0 saturated heterocycles. The molecule has 0 aliphatic rings. The van der Waals surface area contributed by atoms with Crippen LogP contribution in [-0.4, -0.2) is 22.3 Å². The molecule has 1 atom stereocenters. The number of rotatable bonds is 3. The van der Waals surface area contributed by atoms with Gasteiger partial charge < -0.3 is 10.2 Å². The summed E-state index contributed by atoms with van der Waals surface area (Å²) in [5.74, 6) is 4.51. The number of hydrogen-bond donors (Lipinski definition) is 2. The monoisotopic (exact) mass is 184 g/mol. The van der Waals surface area contributed by atoms with Crippen LogP contribution in [0.3, 0.4) is 0 Å². The molecule has 0 rings (SSSR count). The van der Waals surface area contributed by atoms with Gasteiger partial charge in [-0.1, -0.05) is 18.8 Å². The van der Waals surface area contributed by atoms with Gasteiger partial charge >= 0.3 is 5.97 Å². The smallest absolute Gasteiger partial charge is 0.304 e. The standard InChI is InChI=1S/C10H16O3/c1-4-8(11)5-6-10(2,3)7-9(12)13/h8,11H,4,7H2,1-3H3,(H,12,13). The quantitative estimate of drug-likeness (QED) is 0.649. The first-order valence-corrected chi connectivity index (χ1v) is 4.30. The van der Waals surface area contributed by atoms with Crippen LogP contribution in [-0.2, 0) is 4.79 Å². The topological polar surface area (TPSA) is 57.5 Å². The Bertz CT molecular complexity index is 232. The molecule has 0 amide bonds. The van der Waals surface area contributed by atoms with Crippen molar-refractivity contribution in [2.24, 2.45) is 5.41 Å². The summed E-state index contributed by atoms with van der Waals surface area (Å²) in [5, 5.41) is 17.7. The molecule has 0 fully saturated rings. The van der Waals surface area contributed by atoms with Crippen molar-refractivity contribution in [2.75, 3.05) is 0 Å². The molecule has 74 valence electrons. The van der Waals surface area contributed by atoms with Gasteiger partial charge in [0, 0.05) is 5.41 Å². The summed E-state index contributed by atoms with van der Waals surface area (Å²) in [4.78, 5) is 10.4. The molecule has 0 radical (unpaired) electrons. The first kappa shape index (κ1) is 12.0. The number of carboxylic acid groups (broad SMARTS) is 1. The molecule has 0 aromatic heterocycles. The molecular formula is C10H16O3. The zero-order valence-electron chi connectivity index (χ0n) is 8.29. The van der Waals surface area contributed by atoms with E-state index in [1.54, 1.807) is 13.8 Å². The van der Waals surface area contributed by atoms with Gasteiger partial charge in [0.1, 0.15) is 6.10 Å². The Kier molecular flexibility index (Phi) is 4.50. The maximum absolute atomic E-state index is 10.4. The summed E-state index contributed by atoms with van der Waals surface area (Å²) >= 11 is 0. The second-order valence-corrected chi connectivity index (χ2v) is 3.65. The Morgan fingerprint density at radius 3 is 2.46 bits per heavy atom. The molecule has 0 heterocycles. The second-order valence-electron chi connectivity index (χ2n) is 3.65. The van der Waals surface area contributed by atoms with Gasteiger partial charge in [0.05, 0.1) is 6.42 Å². The van der Waals surface area contributed by atoms with Crippen molar-refractivity contribution in [3.05, 3.63) is 0 Å². The summed E-state index contributed by atoms with van der Waals surface area (Å²) in [7, 11) is 0. The fraction of sp³-hybridized carbons (Fsp3) is 0.700. The van der Waals surface area contributed by atoms with E-state index in [4.69, 9.17) is 10.2 Å². The lowest BCUT2D eigenvalue weighted by molar-refractivity contribution is -0.138. The van der Waals surface area contributed by atoms with Crippen LogP contribution >= 0.6 is 0 Å². The van der Waals surface area contributed by atoms with Crippen molar-refractivity contribution in [1.29, 1.82) is 0 Å². The van der Waals surface area contributed by atoms with Gasteiger partial charge in [-0.25, -0.2) is 0 Å². The van der Waals surface area contributed by atoms with Crippen LogP contribution in [0.1, 0.15) is 33.6 Å². The second kappa shape index (κ2) is 4.88. The molecule has 0 aromatic carbocycles. The van der Waals surface area contributed by atoms with E-state index in [2.05, 4.69) is 11.8 Å². The van der Waals surface area contributed by atoms with E-state index in [1.165, 1.54) is 0 Å². The Morgan fingerprint density at radius 1 is 1.54 bits per heavy atom. The average molecular weight is 184 g/mol. The minimum atomic E-state index is -0.870. The summed E-state index contributed by atoms with van der Waals surface area (Å²) in [6.07, 6.45) is -0.0832. The van der Waals surface area contributed by atoms with Crippen molar-refractivity contribution < 1.29 is 15.0 Å². The summed E-state index contributed by atoms with van der Waals surface area (Å²) < 4.78 is 0. The van der Waals surface area contributed by atoms with Crippen LogP contribution in [0.4, 0.5) is 0 Å². The number of aliphatic hydroxyl groups excluding tert-OH is 1.